The minimum absolute atomic E-state index is 0.139. The van der Waals surface area contributed by atoms with Crippen LogP contribution in [-0.4, -0.2) is 9.97 Å². The van der Waals surface area contributed by atoms with E-state index in [4.69, 9.17) is 9.68 Å². The summed E-state index contributed by atoms with van der Waals surface area (Å²) in [4.78, 5) is 8.46. The van der Waals surface area contributed by atoms with Crippen LogP contribution in [0.3, 0.4) is 0 Å². The van der Waals surface area contributed by atoms with Gasteiger partial charge in [-0.05, 0) is 32.9 Å². The topological polar surface area (TPSA) is 74.7 Å². The van der Waals surface area contributed by atoms with E-state index in [0.717, 1.165) is 11.5 Å². The number of nitrogens with zero attached hydrogens (tertiary/aromatic N) is 3. The average molecular weight is 242 g/mol. The van der Waals surface area contributed by atoms with Crippen LogP contribution < -0.4 is 5.32 Å². The third-order valence-electron chi connectivity index (χ3n) is 2.52. The second-order valence-electron chi connectivity index (χ2n) is 4.14. The molecule has 0 radical (unpaired) electrons. The molecular formula is C13H14N4O. The summed E-state index contributed by atoms with van der Waals surface area (Å²) in [6, 6.07) is 5.53. The Morgan fingerprint density at radius 3 is 2.78 bits per heavy atom. The molecule has 92 valence electrons. The summed E-state index contributed by atoms with van der Waals surface area (Å²) in [5.41, 5.74) is 1.36. The lowest BCUT2D eigenvalue weighted by Gasteiger charge is -2.12. The summed E-state index contributed by atoms with van der Waals surface area (Å²) in [5, 5.41) is 12.2. The van der Waals surface area contributed by atoms with E-state index in [-0.39, 0.29) is 6.04 Å². The van der Waals surface area contributed by atoms with Crippen molar-refractivity contribution < 1.29 is 4.42 Å². The normalized spacial score (nSPS) is 11.9. The van der Waals surface area contributed by atoms with Crippen LogP contribution in [0.25, 0.3) is 0 Å². The van der Waals surface area contributed by atoms with E-state index in [0.29, 0.717) is 17.3 Å². The number of aromatic nitrogens is 2. The summed E-state index contributed by atoms with van der Waals surface area (Å²) in [5.74, 6) is 1.90. The van der Waals surface area contributed by atoms with E-state index in [1.165, 1.54) is 0 Å². The van der Waals surface area contributed by atoms with E-state index in [9.17, 15) is 0 Å². The van der Waals surface area contributed by atoms with Gasteiger partial charge >= 0.3 is 0 Å². The number of hydrogen-bond donors (Lipinski definition) is 1. The Balaban J connectivity index is 2.24. The van der Waals surface area contributed by atoms with E-state index in [2.05, 4.69) is 21.4 Å². The van der Waals surface area contributed by atoms with Crippen molar-refractivity contribution >= 4 is 5.82 Å². The molecule has 0 aliphatic rings. The molecule has 5 nitrogen and oxygen atoms in total. The predicted molar refractivity (Wildman–Crippen MR) is 67.0 cm³/mol. The van der Waals surface area contributed by atoms with Crippen molar-refractivity contribution in [2.45, 2.75) is 26.8 Å². The number of nitrogens with one attached hydrogen (secondary N) is 1. The quantitative estimate of drug-likeness (QED) is 0.895. The molecule has 2 rings (SSSR count). The Kier molecular flexibility index (Phi) is 3.28. The zero-order chi connectivity index (χ0) is 13.1. The molecule has 18 heavy (non-hydrogen) atoms. The first kappa shape index (κ1) is 12.1. The van der Waals surface area contributed by atoms with Crippen molar-refractivity contribution in [1.29, 1.82) is 5.26 Å². The second kappa shape index (κ2) is 4.88. The van der Waals surface area contributed by atoms with Crippen LogP contribution in [0, 0.1) is 25.2 Å². The summed E-state index contributed by atoms with van der Waals surface area (Å²) in [6.07, 6.45) is 1.67. The molecule has 1 N–H and O–H groups in total. The third kappa shape index (κ3) is 2.48. The van der Waals surface area contributed by atoms with Gasteiger partial charge < -0.3 is 9.73 Å². The second-order valence-corrected chi connectivity index (χ2v) is 4.14. The van der Waals surface area contributed by atoms with Crippen LogP contribution in [0.4, 0.5) is 5.82 Å². The highest BCUT2D eigenvalue weighted by atomic mass is 16.4. The molecule has 1 atom stereocenters. The summed E-state index contributed by atoms with van der Waals surface area (Å²) in [6.45, 7) is 5.64. The lowest BCUT2D eigenvalue weighted by molar-refractivity contribution is 0.453. The molecule has 0 aromatic carbocycles. The van der Waals surface area contributed by atoms with Gasteiger partial charge in [-0.15, -0.1) is 0 Å². The van der Waals surface area contributed by atoms with E-state index in [1.54, 1.807) is 12.3 Å². The molecule has 0 spiro atoms. The van der Waals surface area contributed by atoms with Crippen molar-refractivity contribution in [2.75, 3.05) is 5.32 Å². The van der Waals surface area contributed by atoms with Gasteiger partial charge in [0.25, 0.3) is 0 Å². The van der Waals surface area contributed by atoms with Crippen LogP contribution in [0.1, 0.15) is 35.9 Å². The molecule has 2 aromatic heterocycles. The van der Waals surface area contributed by atoms with Crippen molar-refractivity contribution in [3.05, 3.63) is 41.2 Å². The largest absolute Gasteiger partial charge is 0.444 e. The molecule has 0 amide bonds. The number of pyridine rings is 1. The molecule has 0 aliphatic carbocycles. The first-order valence-corrected chi connectivity index (χ1v) is 5.66. The summed E-state index contributed by atoms with van der Waals surface area (Å²) in [7, 11) is 0. The van der Waals surface area contributed by atoms with E-state index < -0.39 is 0 Å². The fourth-order valence-corrected chi connectivity index (χ4v) is 1.60. The lowest BCUT2D eigenvalue weighted by Crippen LogP contribution is -2.10. The van der Waals surface area contributed by atoms with Gasteiger partial charge in [0.1, 0.15) is 23.7 Å². The highest BCUT2D eigenvalue weighted by molar-refractivity contribution is 5.52. The lowest BCUT2D eigenvalue weighted by atomic mass is 10.2. The fraction of sp³-hybridized carbons (Fsp3) is 0.308. The minimum atomic E-state index is -0.139. The minimum Gasteiger partial charge on any atom is -0.444 e. The van der Waals surface area contributed by atoms with E-state index in [1.807, 2.05) is 26.8 Å². The Bertz CT molecular complexity index is 597. The zero-order valence-electron chi connectivity index (χ0n) is 10.6. The average Bonchev–Trinajstić information content (AvgIpc) is 2.76. The summed E-state index contributed by atoms with van der Waals surface area (Å²) < 4.78 is 5.44. The molecule has 1 unspecified atom stereocenters. The Morgan fingerprint density at radius 1 is 1.39 bits per heavy atom. The number of hydrogen-bond acceptors (Lipinski definition) is 5. The number of anilines is 1. The fourth-order valence-electron chi connectivity index (χ4n) is 1.60. The van der Waals surface area contributed by atoms with Crippen LogP contribution in [0.5, 0.6) is 0 Å². The van der Waals surface area contributed by atoms with Gasteiger partial charge in [0.2, 0.25) is 5.89 Å². The maximum Gasteiger partial charge on any atom is 0.216 e. The van der Waals surface area contributed by atoms with Crippen LogP contribution in [0.15, 0.2) is 22.7 Å². The smallest absolute Gasteiger partial charge is 0.216 e. The Labute approximate surface area is 105 Å². The van der Waals surface area contributed by atoms with Crippen molar-refractivity contribution in [3.63, 3.8) is 0 Å². The SMILES string of the molecule is Cc1ccc(C#N)c(NC(C)c2ncc(C)o2)n1. The number of aryl methyl sites for hydroxylation is 2. The Hall–Kier alpha value is -2.35. The highest BCUT2D eigenvalue weighted by Gasteiger charge is 2.14. The molecule has 0 saturated carbocycles. The Morgan fingerprint density at radius 2 is 2.17 bits per heavy atom. The molecule has 0 saturated heterocycles. The van der Waals surface area contributed by atoms with Crippen LogP contribution >= 0.6 is 0 Å². The number of nitriles is 1. The van der Waals surface area contributed by atoms with Gasteiger partial charge in [-0.1, -0.05) is 0 Å². The first-order valence-electron chi connectivity index (χ1n) is 5.66. The molecule has 0 aliphatic heterocycles. The van der Waals surface area contributed by atoms with E-state index >= 15 is 0 Å². The van der Waals surface area contributed by atoms with Crippen LogP contribution in [0.2, 0.25) is 0 Å². The maximum absolute atomic E-state index is 9.03. The van der Waals surface area contributed by atoms with Gasteiger partial charge in [0, 0.05) is 5.69 Å². The number of oxazole rings is 1. The van der Waals surface area contributed by atoms with Gasteiger partial charge in [-0.2, -0.15) is 5.26 Å². The number of rotatable bonds is 3. The van der Waals surface area contributed by atoms with Crippen LogP contribution in [-0.2, 0) is 0 Å². The van der Waals surface area contributed by atoms with Gasteiger partial charge in [-0.3, -0.25) is 0 Å². The van der Waals surface area contributed by atoms with Crippen molar-refractivity contribution in [2.24, 2.45) is 0 Å². The standard InChI is InChI=1S/C13H14N4O/c1-8-4-5-11(6-14)12(16-8)17-10(3)13-15-7-9(2)18-13/h4-5,7,10H,1-3H3,(H,16,17). The molecule has 0 bridgehead atoms. The van der Waals surface area contributed by atoms with Gasteiger partial charge in [0.05, 0.1) is 11.8 Å². The third-order valence-corrected chi connectivity index (χ3v) is 2.52. The predicted octanol–water partition coefficient (Wildman–Crippen LogP) is 2.73. The monoisotopic (exact) mass is 242 g/mol. The van der Waals surface area contributed by atoms with Crippen molar-refractivity contribution in [3.8, 4) is 6.07 Å². The molecule has 0 fully saturated rings. The van der Waals surface area contributed by atoms with Gasteiger partial charge in [-0.25, -0.2) is 9.97 Å². The highest BCUT2D eigenvalue weighted by Crippen LogP contribution is 2.20. The maximum atomic E-state index is 9.03. The molecular weight excluding hydrogens is 228 g/mol. The van der Waals surface area contributed by atoms with Gasteiger partial charge in [0.15, 0.2) is 0 Å². The summed E-state index contributed by atoms with van der Waals surface area (Å²) >= 11 is 0. The molecule has 5 heteroatoms. The molecule has 2 aromatic rings. The van der Waals surface area contributed by atoms with Crippen molar-refractivity contribution in [1.82, 2.24) is 9.97 Å². The zero-order valence-corrected chi connectivity index (χ0v) is 10.6. The molecule has 2 heterocycles. The first-order chi connectivity index (χ1) is 8.60.